The van der Waals surface area contributed by atoms with Crippen LogP contribution in [0.4, 0.5) is 4.39 Å². The summed E-state index contributed by atoms with van der Waals surface area (Å²) in [5.41, 5.74) is 2.76. The Labute approximate surface area is 207 Å². The van der Waals surface area contributed by atoms with Gasteiger partial charge in [0.15, 0.2) is 6.61 Å². The zero-order chi connectivity index (χ0) is 25.7. The molecule has 0 aliphatic carbocycles. The number of rotatable bonds is 8. The van der Waals surface area contributed by atoms with Crippen LogP contribution in [0.2, 0.25) is 0 Å². The van der Waals surface area contributed by atoms with Crippen molar-refractivity contribution in [3.8, 4) is 5.75 Å². The fraction of sp³-hybridized carbons (Fsp3) is 0.179. The topological polar surface area (TPSA) is 83.8 Å². The highest BCUT2D eigenvalue weighted by Gasteiger charge is 2.23. The number of aromatic nitrogens is 1. The predicted molar refractivity (Wildman–Crippen MR) is 130 cm³/mol. The fourth-order valence-corrected chi connectivity index (χ4v) is 3.91. The van der Waals surface area contributed by atoms with Crippen LogP contribution in [0, 0.1) is 12.7 Å². The van der Waals surface area contributed by atoms with Gasteiger partial charge in [-0.2, -0.15) is 0 Å². The maximum absolute atomic E-state index is 13.4. The molecule has 0 unspecified atom stereocenters. The van der Waals surface area contributed by atoms with Crippen molar-refractivity contribution in [2.24, 2.45) is 0 Å². The number of carbonyl (C=O) groups excluding carboxylic acids is 3. The van der Waals surface area contributed by atoms with Gasteiger partial charge in [0, 0.05) is 16.6 Å². The smallest absolute Gasteiger partial charge is 0.344 e. The Bertz CT molecular complexity index is 1410. The molecule has 1 heterocycles. The molecule has 0 fully saturated rings. The summed E-state index contributed by atoms with van der Waals surface area (Å²) in [6.07, 6.45) is -0.175. The van der Waals surface area contributed by atoms with Gasteiger partial charge in [-0.1, -0.05) is 30.3 Å². The lowest BCUT2D eigenvalue weighted by Gasteiger charge is -2.08. The number of carbonyl (C=O) groups is 3. The number of ether oxygens (including phenoxy) is 3. The van der Waals surface area contributed by atoms with Crippen molar-refractivity contribution < 1.29 is 33.0 Å². The van der Waals surface area contributed by atoms with E-state index in [1.54, 1.807) is 25.1 Å². The van der Waals surface area contributed by atoms with E-state index in [4.69, 9.17) is 14.2 Å². The monoisotopic (exact) mass is 489 g/mol. The van der Waals surface area contributed by atoms with E-state index in [9.17, 15) is 18.8 Å². The highest BCUT2D eigenvalue weighted by atomic mass is 19.1. The Kier molecular flexibility index (Phi) is 7.44. The van der Waals surface area contributed by atoms with Crippen molar-refractivity contribution in [1.82, 2.24) is 4.57 Å². The third kappa shape index (κ3) is 5.43. The Morgan fingerprint density at radius 2 is 1.61 bits per heavy atom. The summed E-state index contributed by atoms with van der Waals surface area (Å²) in [5.74, 6) is -1.58. The van der Waals surface area contributed by atoms with Gasteiger partial charge in [-0.25, -0.2) is 9.18 Å². The zero-order valence-corrected chi connectivity index (χ0v) is 19.8. The van der Waals surface area contributed by atoms with Crippen LogP contribution in [-0.2, 0) is 32.1 Å². The lowest BCUT2D eigenvalue weighted by molar-refractivity contribution is -0.159. The lowest BCUT2D eigenvalue weighted by atomic mass is 10.1. The van der Waals surface area contributed by atoms with Gasteiger partial charge in [-0.3, -0.25) is 14.2 Å². The summed E-state index contributed by atoms with van der Waals surface area (Å²) >= 11 is 0. The number of nitrogens with zero attached hydrogens (tertiary/aromatic N) is 1. The molecule has 36 heavy (non-hydrogen) atoms. The minimum atomic E-state index is -0.667. The van der Waals surface area contributed by atoms with Gasteiger partial charge >= 0.3 is 11.9 Å². The lowest BCUT2D eigenvalue weighted by Crippen LogP contribution is -2.18. The SMILES string of the molecule is COc1ccc2c(c1)c(CC(=O)OCC(=O)OCc1ccccc1)c(C)n2C(=O)c1ccc(F)cc1. The molecule has 4 aromatic rings. The third-order valence-corrected chi connectivity index (χ3v) is 5.75. The minimum absolute atomic E-state index is 0.0785. The molecule has 8 heteroatoms. The molecule has 7 nitrogen and oxygen atoms in total. The Hall–Kier alpha value is -4.46. The minimum Gasteiger partial charge on any atom is -0.497 e. The number of esters is 2. The molecule has 0 N–H and O–H groups in total. The average Bonchev–Trinajstić information content (AvgIpc) is 3.17. The second-order valence-electron chi connectivity index (χ2n) is 8.08. The Balaban J connectivity index is 1.53. The molecule has 0 saturated carbocycles. The molecule has 184 valence electrons. The van der Waals surface area contributed by atoms with Gasteiger partial charge in [0.25, 0.3) is 5.91 Å². The molecular formula is C28H24FNO6. The molecule has 0 aliphatic rings. The van der Waals surface area contributed by atoms with Crippen molar-refractivity contribution in [3.63, 3.8) is 0 Å². The average molecular weight is 489 g/mol. The van der Waals surface area contributed by atoms with E-state index in [1.165, 1.54) is 35.9 Å². The third-order valence-electron chi connectivity index (χ3n) is 5.75. The van der Waals surface area contributed by atoms with Crippen LogP contribution in [0.25, 0.3) is 10.9 Å². The first kappa shape index (κ1) is 24.7. The van der Waals surface area contributed by atoms with Gasteiger partial charge in [0.2, 0.25) is 0 Å². The van der Waals surface area contributed by atoms with Gasteiger partial charge in [0.05, 0.1) is 19.0 Å². The molecule has 4 rings (SSSR count). The van der Waals surface area contributed by atoms with Crippen LogP contribution in [0.3, 0.4) is 0 Å². The van der Waals surface area contributed by atoms with Crippen LogP contribution in [-0.4, -0.2) is 36.1 Å². The molecule has 0 radical (unpaired) electrons. The van der Waals surface area contributed by atoms with E-state index in [2.05, 4.69) is 0 Å². The largest absolute Gasteiger partial charge is 0.497 e. The van der Waals surface area contributed by atoms with Gasteiger partial charge in [0.1, 0.15) is 18.2 Å². The Morgan fingerprint density at radius 1 is 0.889 bits per heavy atom. The van der Waals surface area contributed by atoms with E-state index in [-0.39, 0.29) is 18.9 Å². The highest BCUT2D eigenvalue weighted by Crippen LogP contribution is 2.31. The van der Waals surface area contributed by atoms with E-state index in [1.807, 2.05) is 30.3 Å². The molecule has 0 aliphatic heterocycles. The van der Waals surface area contributed by atoms with E-state index < -0.39 is 24.4 Å². The second kappa shape index (κ2) is 10.9. The van der Waals surface area contributed by atoms with Crippen molar-refractivity contribution in [2.75, 3.05) is 13.7 Å². The Morgan fingerprint density at radius 3 is 2.31 bits per heavy atom. The van der Waals surface area contributed by atoms with E-state index in [0.29, 0.717) is 33.5 Å². The summed E-state index contributed by atoms with van der Waals surface area (Å²) in [7, 11) is 1.52. The first-order valence-electron chi connectivity index (χ1n) is 11.2. The highest BCUT2D eigenvalue weighted by molar-refractivity contribution is 6.05. The quantitative estimate of drug-likeness (QED) is 0.336. The maximum Gasteiger partial charge on any atom is 0.344 e. The van der Waals surface area contributed by atoms with Crippen LogP contribution in [0.1, 0.15) is 27.2 Å². The summed E-state index contributed by atoms with van der Waals surface area (Å²) in [5, 5.41) is 0.630. The normalized spacial score (nSPS) is 10.8. The molecule has 3 aromatic carbocycles. The standard InChI is InChI=1S/C28H24FNO6/c1-18-23(15-26(31)36-17-27(32)35-16-19-6-4-3-5-7-19)24-14-22(34-2)12-13-25(24)30(18)28(33)20-8-10-21(29)11-9-20/h3-14H,15-17H2,1-2H3. The van der Waals surface area contributed by atoms with Gasteiger partial charge < -0.3 is 14.2 Å². The fourth-order valence-electron chi connectivity index (χ4n) is 3.91. The predicted octanol–water partition coefficient (Wildman–Crippen LogP) is 4.62. The summed E-state index contributed by atoms with van der Waals surface area (Å²) in [6.45, 7) is 1.26. The zero-order valence-electron chi connectivity index (χ0n) is 19.8. The molecule has 0 amide bonds. The van der Waals surface area contributed by atoms with Crippen LogP contribution >= 0.6 is 0 Å². The number of hydrogen-bond acceptors (Lipinski definition) is 6. The van der Waals surface area contributed by atoms with E-state index >= 15 is 0 Å². The second-order valence-corrected chi connectivity index (χ2v) is 8.08. The molecule has 0 spiro atoms. The number of hydrogen-bond donors (Lipinski definition) is 0. The van der Waals surface area contributed by atoms with Crippen molar-refractivity contribution in [2.45, 2.75) is 20.0 Å². The molecule has 0 bridgehead atoms. The number of halogens is 1. The van der Waals surface area contributed by atoms with Gasteiger partial charge in [-0.15, -0.1) is 0 Å². The van der Waals surface area contributed by atoms with Crippen LogP contribution < -0.4 is 4.74 Å². The molecule has 1 aromatic heterocycles. The van der Waals surface area contributed by atoms with Crippen molar-refractivity contribution in [1.29, 1.82) is 0 Å². The summed E-state index contributed by atoms with van der Waals surface area (Å²) < 4.78 is 30.4. The van der Waals surface area contributed by atoms with Crippen LogP contribution in [0.5, 0.6) is 5.75 Å². The molecule has 0 saturated heterocycles. The summed E-state index contributed by atoms with van der Waals surface area (Å²) in [6, 6.07) is 19.6. The molecule has 0 atom stereocenters. The first-order valence-corrected chi connectivity index (χ1v) is 11.2. The maximum atomic E-state index is 13.4. The summed E-state index contributed by atoms with van der Waals surface area (Å²) in [4.78, 5) is 37.9. The van der Waals surface area contributed by atoms with Crippen molar-refractivity contribution >= 4 is 28.7 Å². The van der Waals surface area contributed by atoms with Crippen molar-refractivity contribution in [3.05, 3.63) is 101 Å². The number of fused-ring (bicyclic) bond motifs is 1. The van der Waals surface area contributed by atoms with Gasteiger partial charge in [-0.05, 0) is 60.5 Å². The first-order chi connectivity index (χ1) is 17.4. The number of methoxy groups -OCH3 is 1. The van der Waals surface area contributed by atoms with Crippen LogP contribution in [0.15, 0.2) is 72.8 Å². The number of benzene rings is 3. The molecular weight excluding hydrogens is 465 g/mol. The van der Waals surface area contributed by atoms with E-state index in [0.717, 1.165) is 5.56 Å².